The third-order valence-corrected chi connectivity index (χ3v) is 5.29. The van der Waals surface area contributed by atoms with E-state index in [0.717, 1.165) is 29.9 Å². The zero-order valence-corrected chi connectivity index (χ0v) is 14.7. The van der Waals surface area contributed by atoms with Gasteiger partial charge in [-0.25, -0.2) is 0 Å². The van der Waals surface area contributed by atoms with Crippen LogP contribution in [0.2, 0.25) is 0 Å². The van der Waals surface area contributed by atoms with Gasteiger partial charge in [-0.05, 0) is 43.4 Å². The van der Waals surface area contributed by atoms with Crippen molar-refractivity contribution in [2.45, 2.75) is 38.3 Å². The minimum absolute atomic E-state index is 0.0439. The lowest BCUT2D eigenvalue weighted by atomic mass is 9.95. The number of rotatable bonds is 4. The molecule has 1 unspecified atom stereocenters. The van der Waals surface area contributed by atoms with E-state index in [1.807, 2.05) is 23.1 Å². The number of hydrogen-bond acceptors (Lipinski definition) is 5. The van der Waals surface area contributed by atoms with Gasteiger partial charge < -0.3 is 24.4 Å². The summed E-state index contributed by atoms with van der Waals surface area (Å²) in [5.74, 6) is 1.55. The molecule has 7 heteroatoms. The summed E-state index contributed by atoms with van der Waals surface area (Å²) in [6.07, 6.45) is 2.90. The van der Waals surface area contributed by atoms with E-state index < -0.39 is 0 Å². The van der Waals surface area contributed by atoms with Gasteiger partial charge >= 0.3 is 0 Å². The molecule has 3 aliphatic rings. The summed E-state index contributed by atoms with van der Waals surface area (Å²) >= 11 is 0. The number of nitrogens with one attached hydrogen (secondary N) is 1. The molecule has 2 amide bonds. The van der Waals surface area contributed by atoms with Gasteiger partial charge in [-0.1, -0.05) is 6.07 Å². The highest BCUT2D eigenvalue weighted by molar-refractivity contribution is 5.82. The summed E-state index contributed by atoms with van der Waals surface area (Å²) in [6.45, 7) is 2.63. The number of ether oxygens (including phenoxy) is 3. The Morgan fingerprint density at radius 1 is 1.12 bits per heavy atom. The monoisotopic (exact) mass is 360 g/mol. The standard InChI is InChI=1S/C19H24N2O5/c22-18(20-11-13-3-4-15-17(10-13)26-12-25-15)14-5-7-21(8-6-14)19(23)16-2-1-9-24-16/h3-4,10,14,16H,1-2,5-9,11-12H2,(H,20,22). The van der Waals surface area contributed by atoms with Crippen LogP contribution in [0.4, 0.5) is 0 Å². The Morgan fingerprint density at radius 3 is 2.69 bits per heavy atom. The van der Waals surface area contributed by atoms with Crippen molar-refractivity contribution in [1.82, 2.24) is 10.2 Å². The molecule has 2 fully saturated rings. The third kappa shape index (κ3) is 3.62. The molecule has 3 heterocycles. The fourth-order valence-corrected chi connectivity index (χ4v) is 3.72. The topological polar surface area (TPSA) is 77.1 Å². The Balaban J connectivity index is 1.24. The predicted molar refractivity (Wildman–Crippen MR) is 92.7 cm³/mol. The summed E-state index contributed by atoms with van der Waals surface area (Å²) in [5, 5.41) is 3.00. The Morgan fingerprint density at radius 2 is 1.92 bits per heavy atom. The van der Waals surface area contributed by atoms with Crippen molar-refractivity contribution in [3.63, 3.8) is 0 Å². The number of likely N-dealkylation sites (tertiary alicyclic amines) is 1. The fourth-order valence-electron chi connectivity index (χ4n) is 3.72. The maximum atomic E-state index is 12.4. The Bertz CT molecular complexity index is 679. The van der Waals surface area contributed by atoms with Crippen molar-refractivity contribution in [2.24, 2.45) is 5.92 Å². The van der Waals surface area contributed by atoms with E-state index in [1.165, 1.54) is 0 Å². The Kier molecular flexibility index (Phi) is 4.97. The maximum absolute atomic E-state index is 12.4. The number of amides is 2. The molecule has 1 N–H and O–H groups in total. The van der Waals surface area contributed by atoms with Crippen molar-refractivity contribution in [1.29, 1.82) is 0 Å². The number of carbonyl (C=O) groups is 2. The maximum Gasteiger partial charge on any atom is 0.251 e. The largest absolute Gasteiger partial charge is 0.454 e. The van der Waals surface area contributed by atoms with Gasteiger partial charge in [0.2, 0.25) is 12.7 Å². The molecular weight excluding hydrogens is 336 g/mol. The number of carbonyl (C=O) groups excluding carboxylic acids is 2. The number of nitrogens with zero attached hydrogens (tertiary/aromatic N) is 1. The molecule has 0 saturated carbocycles. The van der Waals surface area contributed by atoms with Gasteiger partial charge in [-0.15, -0.1) is 0 Å². The molecule has 0 spiro atoms. The van der Waals surface area contributed by atoms with Gasteiger partial charge in [0.05, 0.1) is 0 Å². The lowest BCUT2D eigenvalue weighted by Crippen LogP contribution is -2.46. The number of hydrogen-bond donors (Lipinski definition) is 1. The first-order chi connectivity index (χ1) is 12.7. The van der Waals surface area contributed by atoms with E-state index in [4.69, 9.17) is 14.2 Å². The quantitative estimate of drug-likeness (QED) is 0.879. The van der Waals surface area contributed by atoms with E-state index in [-0.39, 0.29) is 30.6 Å². The second-order valence-corrected chi connectivity index (χ2v) is 7.01. The van der Waals surface area contributed by atoms with Crippen LogP contribution in [0.15, 0.2) is 18.2 Å². The molecule has 3 aliphatic heterocycles. The minimum Gasteiger partial charge on any atom is -0.454 e. The highest BCUT2D eigenvalue weighted by Crippen LogP contribution is 2.32. The lowest BCUT2D eigenvalue weighted by Gasteiger charge is -2.32. The molecule has 1 aromatic carbocycles. The highest BCUT2D eigenvalue weighted by Gasteiger charge is 2.32. The normalized spacial score (nSPS) is 22.5. The first kappa shape index (κ1) is 17.1. The molecule has 140 valence electrons. The Labute approximate surface area is 152 Å². The lowest BCUT2D eigenvalue weighted by molar-refractivity contribution is -0.143. The average molecular weight is 360 g/mol. The van der Waals surface area contributed by atoms with E-state index in [0.29, 0.717) is 39.1 Å². The van der Waals surface area contributed by atoms with Gasteiger partial charge in [-0.3, -0.25) is 9.59 Å². The summed E-state index contributed by atoms with van der Waals surface area (Å²) in [6, 6.07) is 5.68. The predicted octanol–water partition coefficient (Wildman–Crippen LogP) is 1.45. The van der Waals surface area contributed by atoms with Crippen molar-refractivity contribution >= 4 is 11.8 Å². The smallest absolute Gasteiger partial charge is 0.251 e. The molecule has 0 aromatic heterocycles. The SMILES string of the molecule is O=C(NCc1ccc2c(c1)OCO2)C1CCN(C(=O)C2CCCO2)CC1. The molecule has 0 aliphatic carbocycles. The van der Waals surface area contributed by atoms with Crippen LogP contribution in [0.5, 0.6) is 11.5 Å². The van der Waals surface area contributed by atoms with Crippen LogP contribution in [0.1, 0.15) is 31.2 Å². The average Bonchev–Trinajstić information content (AvgIpc) is 3.37. The molecule has 2 saturated heterocycles. The van der Waals surface area contributed by atoms with E-state index >= 15 is 0 Å². The van der Waals surface area contributed by atoms with Crippen LogP contribution in [0, 0.1) is 5.92 Å². The first-order valence-corrected chi connectivity index (χ1v) is 9.27. The van der Waals surface area contributed by atoms with Crippen molar-refractivity contribution < 1.29 is 23.8 Å². The van der Waals surface area contributed by atoms with Crippen molar-refractivity contribution in [3.05, 3.63) is 23.8 Å². The van der Waals surface area contributed by atoms with Crippen LogP contribution in [0.25, 0.3) is 0 Å². The second kappa shape index (κ2) is 7.53. The Hall–Kier alpha value is -2.28. The molecule has 1 atom stereocenters. The molecular formula is C19H24N2O5. The highest BCUT2D eigenvalue weighted by atomic mass is 16.7. The van der Waals surface area contributed by atoms with Gasteiger partial charge in [-0.2, -0.15) is 0 Å². The van der Waals surface area contributed by atoms with Crippen LogP contribution >= 0.6 is 0 Å². The molecule has 26 heavy (non-hydrogen) atoms. The number of benzene rings is 1. The zero-order chi connectivity index (χ0) is 17.9. The van der Waals surface area contributed by atoms with Gasteiger partial charge in [0.15, 0.2) is 11.5 Å². The number of piperidine rings is 1. The summed E-state index contributed by atoms with van der Waals surface area (Å²) in [5.41, 5.74) is 0.980. The van der Waals surface area contributed by atoms with Crippen molar-refractivity contribution in [3.8, 4) is 11.5 Å². The summed E-state index contributed by atoms with van der Waals surface area (Å²) < 4.78 is 16.1. The van der Waals surface area contributed by atoms with Gasteiger partial charge in [0, 0.05) is 32.2 Å². The molecule has 7 nitrogen and oxygen atoms in total. The summed E-state index contributed by atoms with van der Waals surface area (Å²) in [7, 11) is 0. The summed E-state index contributed by atoms with van der Waals surface area (Å²) in [4.78, 5) is 26.6. The fraction of sp³-hybridized carbons (Fsp3) is 0.579. The van der Waals surface area contributed by atoms with Crippen LogP contribution in [-0.2, 0) is 20.9 Å². The molecule has 4 rings (SSSR count). The van der Waals surface area contributed by atoms with Crippen LogP contribution in [0.3, 0.4) is 0 Å². The van der Waals surface area contributed by atoms with Crippen LogP contribution < -0.4 is 14.8 Å². The van der Waals surface area contributed by atoms with E-state index in [1.54, 1.807) is 0 Å². The van der Waals surface area contributed by atoms with Gasteiger partial charge in [0.25, 0.3) is 5.91 Å². The number of fused-ring (bicyclic) bond motifs is 1. The molecule has 0 radical (unpaired) electrons. The van der Waals surface area contributed by atoms with Gasteiger partial charge in [0.1, 0.15) is 6.10 Å². The second-order valence-electron chi connectivity index (χ2n) is 7.01. The third-order valence-electron chi connectivity index (χ3n) is 5.29. The van der Waals surface area contributed by atoms with Crippen LogP contribution in [-0.4, -0.2) is 49.3 Å². The first-order valence-electron chi connectivity index (χ1n) is 9.27. The van der Waals surface area contributed by atoms with Crippen molar-refractivity contribution in [2.75, 3.05) is 26.5 Å². The zero-order valence-electron chi connectivity index (χ0n) is 14.7. The van der Waals surface area contributed by atoms with E-state index in [2.05, 4.69) is 5.32 Å². The minimum atomic E-state index is -0.272. The molecule has 1 aromatic rings. The van der Waals surface area contributed by atoms with E-state index in [9.17, 15) is 9.59 Å². The molecule has 0 bridgehead atoms.